The van der Waals surface area contributed by atoms with E-state index in [-0.39, 0.29) is 5.41 Å². The number of aliphatic hydroxyl groups excluding tert-OH is 1. The molecule has 1 unspecified atom stereocenters. The third kappa shape index (κ3) is 2.03. The average molecular weight is 222 g/mol. The SMILES string of the molecule is CC(C)c1coc(C(O)C2(C)CCCC2)c1. The third-order valence-electron chi connectivity index (χ3n) is 3.98. The van der Waals surface area contributed by atoms with Gasteiger partial charge in [0.2, 0.25) is 0 Å². The Morgan fingerprint density at radius 3 is 2.44 bits per heavy atom. The normalized spacial score (nSPS) is 21.6. The summed E-state index contributed by atoms with van der Waals surface area (Å²) in [5, 5.41) is 10.4. The second kappa shape index (κ2) is 4.25. The van der Waals surface area contributed by atoms with E-state index in [0.29, 0.717) is 5.92 Å². The molecule has 1 saturated carbocycles. The minimum atomic E-state index is -0.442. The molecule has 90 valence electrons. The zero-order valence-electron chi connectivity index (χ0n) is 10.5. The van der Waals surface area contributed by atoms with Crippen molar-refractivity contribution in [2.75, 3.05) is 0 Å². The van der Waals surface area contributed by atoms with Gasteiger partial charge >= 0.3 is 0 Å². The van der Waals surface area contributed by atoms with Crippen molar-refractivity contribution in [3.05, 3.63) is 23.7 Å². The summed E-state index contributed by atoms with van der Waals surface area (Å²) in [5.41, 5.74) is 1.20. The summed E-state index contributed by atoms with van der Waals surface area (Å²) >= 11 is 0. The summed E-state index contributed by atoms with van der Waals surface area (Å²) in [4.78, 5) is 0. The van der Waals surface area contributed by atoms with Gasteiger partial charge in [0.25, 0.3) is 0 Å². The monoisotopic (exact) mass is 222 g/mol. The Kier molecular flexibility index (Phi) is 3.11. The van der Waals surface area contributed by atoms with Crippen molar-refractivity contribution in [1.82, 2.24) is 0 Å². The molecule has 1 aromatic heterocycles. The smallest absolute Gasteiger partial charge is 0.133 e. The number of aliphatic hydroxyl groups is 1. The van der Waals surface area contributed by atoms with Crippen LogP contribution in [0.3, 0.4) is 0 Å². The van der Waals surface area contributed by atoms with E-state index < -0.39 is 6.10 Å². The van der Waals surface area contributed by atoms with E-state index >= 15 is 0 Å². The van der Waals surface area contributed by atoms with E-state index in [1.165, 1.54) is 18.4 Å². The van der Waals surface area contributed by atoms with Gasteiger partial charge in [0.15, 0.2) is 0 Å². The average Bonchev–Trinajstić information content (AvgIpc) is 2.85. The molecule has 2 heteroatoms. The molecule has 2 nitrogen and oxygen atoms in total. The standard InChI is InChI=1S/C14H22O2/c1-10(2)11-8-12(16-9-11)13(15)14(3)6-4-5-7-14/h8-10,13,15H,4-7H2,1-3H3. The molecule has 1 fully saturated rings. The number of rotatable bonds is 3. The third-order valence-corrected chi connectivity index (χ3v) is 3.98. The highest BCUT2D eigenvalue weighted by molar-refractivity contribution is 5.19. The Balaban J connectivity index is 2.16. The largest absolute Gasteiger partial charge is 0.466 e. The van der Waals surface area contributed by atoms with Crippen LogP contribution in [-0.2, 0) is 0 Å². The Labute approximate surface area is 97.7 Å². The summed E-state index contributed by atoms with van der Waals surface area (Å²) in [5.74, 6) is 1.20. The van der Waals surface area contributed by atoms with Crippen molar-refractivity contribution in [2.24, 2.45) is 5.41 Å². The quantitative estimate of drug-likeness (QED) is 0.838. The zero-order valence-corrected chi connectivity index (χ0v) is 10.5. The van der Waals surface area contributed by atoms with Crippen LogP contribution in [0.2, 0.25) is 0 Å². The summed E-state index contributed by atoms with van der Waals surface area (Å²) in [6.07, 6.45) is 6.00. The van der Waals surface area contributed by atoms with Gasteiger partial charge in [-0.25, -0.2) is 0 Å². The highest BCUT2D eigenvalue weighted by atomic mass is 16.4. The minimum Gasteiger partial charge on any atom is -0.466 e. The van der Waals surface area contributed by atoms with Crippen molar-refractivity contribution >= 4 is 0 Å². The lowest BCUT2D eigenvalue weighted by atomic mass is 9.81. The Hall–Kier alpha value is -0.760. The molecule has 1 atom stereocenters. The van der Waals surface area contributed by atoms with Gasteiger partial charge in [0.05, 0.1) is 6.26 Å². The van der Waals surface area contributed by atoms with Crippen molar-refractivity contribution in [3.63, 3.8) is 0 Å². The van der Waals surface area contributed by atoms with Crippen LogP contribution in [0.15, 0.2) is 16.7 Å². The molecule has 1 heterocycles. The summed E-state index contributed by atoms with van der Waals surface area (Å²) < 4.78 is 5.52. The minimum absolute atomic E-state index is 0.0199. The first kappa shape index (κ1) is 11.7. The fraction of sp³-hybridized carbons (Fsp3) is 0.714. The van der Waals surface area contributed by atoms with Crippen molar-refractivity contribution in [1.29, 1.82) is 0 Å². The molecule has 0 saturated heterocycles. The van der Waals surface area contributed by atoms with Gasteiger partial charge in [-0.1, -0.05) is 33.6 Å². The Morgan fingerprint density at radius 1 is 1.31 bits per heavy atom. The molecule has 0 aromatic carbocycles. The van der Waals surface area contributed by atoms with Crippen LogP contribution in [0, 0.1) is 5.41 Å². The Morgan fingerprint density at radius 2 is 1.94 bits per heavy atom. The zero-order chi connectivity index (χ0) is 11.8. The van der Waals surface area contributed by atoms with Crippen LogP contribution < -0.4 is 0 Å². The number of hydrogen-bond donors (Lipinski definition) is 1. The van der Waals surface area contributed by atoms with Crippen LogP contribution in [0.1, 0.15) is 69.8 Å². The molecule has 2 rings (SSSR count). The van der Waals surface area contributed by atoms with E-state index in [9.17, 15) is 5.11 Å². The molecule has 0 aliphatic heterocycles. The highest BCUT2D eigenvalue weighted by Crippen LogP contribution is 2.47. The maximum Gasteiger partial charge on any atom is 0.133 e. The van der Waals surface area contributed by atoms with Gasteiger partial charge in [0.1, 0.15) is 11.9 Å². The van der Waals surface area contributed by atoms with E-state index in [4.69, 9.17) is 4.42 Å². The lowest BCUT2D eigenvalue weighted by molar-refractivity contribution is 0.0234. The molecule has 0 spiro atoms. The van der Waals surface area contributed by atoms with Gasteiger partial charge in [-0.2, -0.15) is 0 Å². The van der Waals surface area contributed by atoms with Crippen molar-refractivity contribution in [3.8, 4) is 0 Å². The van der Waals surface area contributed by atoms with Crippen LogP contribution in [0.25, 0.3) is 0 Å². The second-order valence-electron chi connectivity index (χ2n) is 5.70. The molecule has 0 radical (unpaired) electrons. The van der Waals surface area contributed by atoms with Gasteiger partial charge in [-0.15, -0.1) is 0 Å². The second-order valence-corrected chi connectivity index (χ2v) is 5.70. The van der Waals surface area contributed by atoms with Crippen molar-refractivity contribution in [2.45, 2.75) is 58.5 Å². The van der Waals surface area contributed by atoms with Crippen LogP contribution in [0.5, 0.6) is 0 Å². The van der Waals surface area contributed by atoms with E-state index in [2.05, 4.69) is 20.8 Å². The molecule has 0 amide bonds. The maximum atomic E-state index is 10.4. The summed E-state index contributed by atoms with van der Waals surface area (Å²) in [6, 6.07) is 2.01. The summed E-state index contributed by atoms with van der Waals surface area (Å²) in [7, 11) is 0. The Bertz CT molecular complexity index is 345. The summed E-state index contributed by atoms with van der Waals surface area (Å²) in [6.45, 7) is 6.44. The first-order valence-electron chi connectivity index (χ1n) is 6.29. The molecule has 0 bridgehead atoms. The first-order valence-corrected chi connectivity index (χ1v) is 6.29. The predicted molar refractivity (Wildman–Crippen MR) is 64.3 cm³/mol. The van der Waals surface area contributed by atoms with E-state index in [1.807, 2.05) is 6.07 Å². The molecule has 1 aromatic rings. The topological polar surface area (TPSA) is 33.4 Å². The van der Waals surface area contributed by atoms with Gasteiger partial charge < -0.3 is 9.52 Å². The number of furan rings is 1. The highest BCUT2D eigenvalue weighted by Gasteiger charge is 2.38. The predicted octanol–water partition coefficient (Wildman–Crippen LogP) is 4.02. The van der Waals surface area contributed by atoms with E-state index in [1.54, 1.807) is 6.26 Å². The maximum absolute atomic E-state index is 10.4. The lowest BCUT2D eigenvalue weighted by Crippen LogP contribution is -2.21. The molecule has 16 heavy (non-hydrogen) atoms. The molecular formula is C14H22O2. The lowest BCUT2D eigenvalue weighted by Gasteiger charge is -2.28. The molecule has 1 aliphatic rings. The van der Waals surface area contributed by atoms with Crippen molar-refractivity contribution < 1.29 is 9.52 Å². The van der Waals surface area contributed by atoms with Crippen LogP contribution in [0.4, 0.5) is 0 Å². The van der Waals surface area contributed by atoms with Crippen LogP contribution in [-0.4, -0.2) is 5.11 Å². The molecular weight excluding hydrogens is 200 g/mol. The van der Waals surface area contributed by atoms with Gasteiger partial charge in [-0.05, 0) is 30.4 Å². The van der Waals surface area contributed by atoms with Gasteiger partial charge in [-0.3, -0.25) is 0 Å². The molecule has 1 aliphatic carbocycles. The fourth-order valence-electron chi connectivity index (χ4n) is 2.61. The van der Waals surface area contributed by atoms with E-state index in [0.717, 1.165) is 18.6 Å². The fourth-order valence-corrected chi connectivity index (χ4v) is 2.61. The first-order chi connectivity index (χ1) is 7.53. The molecule has 1 N–H and O–H groups in total. The van der Waals surface area contributed by atoms with Crippen LogP contribution >= 0.6 is 0 Å². The number of hydrogen-bond acceptors (Lipinski definition) is 2. The van der Waals surface area contributed by atoms with Gasteiger partial charge in [0, 0.05) is 5.41 Å².